The van der Waals surface area contributed by atoms with Gasteiger partial charge in [-0.3, -0.25) is 4.79 Å². The number of aromatic nitrogens is 3. The van der Waals surface area contributed by atoms with Crippen molar-refractivity contribution in [3.8, 4) is 28.6 Å². The van der Waals surface area contributed by atoms with Crippen molar-refractivity contribution in [1.82, 2.24) is 14.6 Å². The molecule has 0 aliphatic rings. The van der Waals surface area contributed by atoms with Gasteiger partial charge < -0.3 is 14.2 Å². The summed E-state index contributed by atoms with van der Waals surface area (Å²) in [6, 6.07) is 8.61. The van der Waals surface area contributed by atoms with Gasteiger partial charge in [0.2, 0.25) is 10.7 Å². The molecule has 0 unspecified atom stereocenters. The van der Waals surface area contributed by atoms with Gasteiger partial charge in [-0.05, 0) is 35.9 Å². The molecule has 10 heteroatoms. The molecule has 0 aliphatic heterocycles. The van der Waals surface area contributed by atoms with E-state index >= 15 is 0 Å². The van der Waals surface area contributed by atoms with E-state index in [0.29, 0.717) is 48.2 Å². The lowest BCUT2D eigenvalue weighted by atomic mass is 10.1. The largest absolute Gasteiger partial charge is 0.493 e. The van der Waals surface area contributed by atoms with Crippen LogP contribution in [0.25, 0.3) is 22.4 Å². The first kappa shape index (κ1) is 20.5. The predicted molar refractivity (Wildman–Crippen MR) is 117 cm³/mol. The van der Waals surface area contributed by atoms with E-state index in [0.717, 1.165) is 5.56 Å². The standard InChI is InChI=1S/C20H15Cl2N3O4S/c1-27-14-8-11(9-15(28-2)17(14)29-3)18-23-24-20-25(18)19(26)16(30-20)7-10-4-5-12(21)13(22)6-10/h4-9H,1-3H3. The molecule has 2 heterocycles. The maximum atomic E-state index is 13.1. The summed E-state index contributed by atoms with van der Waals surface area (Å²) >= 11 is 13.3. The second-order valence-electron chi connectivity index (χ2n) is 6.14. The molecule has 7 nitrogen and oxygen atoms in total. The van der Waals surface area contributed by atoms with E-state index in [1.165, 1.54) is 37.1 Å². The normalized spacial score (nSPS) is 11.8. The predicted octanol–water partition coefficient (Wildman–Crippen LogP) is 3.70. The Balaban J connectivity index is 1.90. The van der Waals surface area contributed by atoms with Crippen LogP contribution in [-0.4, -0.2) is 35.9 Å². The van der Waals surface area contributed by atoms with Crippen LogP contribution in [-0.2, 0) is 0 Å². The minimum absolute atomic E-state index is 0.241. The van der Waals surface area contributed by atoms with Crippen molar-refractivity contribution in [2.45, 2.75) is 0 Å². The molecule has 0 bridgehead atoms. The number of nitrogens with zero attached hydrogens (tertiary/aromatic N) is 3. The zero-order valence-corrected chi connectivity index (χ0v) is 18.4. The van der Waals surface area contributed by atoms with E-state index in [1.54, 1.807) is 36.4 Å². The highest BCUT2D eigenvalue weighted by Gasteiger charge is 2.19. The summed E-state index contributed by atoms with van der Waals surface area (Å²) in [6.45, 7) is 0. The molecule has 0 spiro atoms. The molecule has 4 rings (SSSR count). The molecule has 0 amide bonds. The quantitative estimate of drug-likeness (QED) is 0.449. The topological polar surface area (TPSA) is 75.0 Å². The monoisotopic (exact) mass is 463 g/mol. The van der Waals surface area contributed by atoms with Crippen molar-refractivity contribution >= 4 is 45.6 Å². The van der Waals surface area contributed by atoms with Crippen LogP contribution < -0.4 is 24.3 Å². The number of methoxy groups -OCH3 is 3. The molecule has 0 radical (unpaired) electrons. The first-order valence-corrected chi connectivity index (χ1v) is 10.2. The van der Waals surface area contributed by atoms with Gasteiger partial charge in [-0.2, -0.15) is 0 Å². The van der Waals surface area contributed by atoms with E-state index in [9.17, 15) is 4.79 Å². The Hall–Kier alpha value is -2.81. The van der Waals surface area contributed by atoms with Gasteiger partial charge in [-0.15, -0.1) is 10.2 Å². The van der Waals surface area contributed by atoms with Crippen LogP contribution in [0.15, 0.2) is 35.1 Å². The SMILES string of the molecule is COc1cc(-c2nnc3sc(=Cc4ccc(Cl)c(Cl)c4)c(=O)n23)cc(OC)c1OC. The zero-order chi connectivity index (χ0) is 21.4. The third-order valence-corrected chi connectivity index (χ3v) is 6.11. The highest BCUT2D eigenvalue weighted by Crippen LogP contribution is 2.40. The molecule has 2 aromatic heterocycles. The summed E-state index contributed by atoms with van der Waals surface area (Å²) in [7, 11) is 4.57. The Kier molecular flexibility index (Phi) is 5.55. The summed E-state index contributed by atoms with van der Waals surface area (Å²) < 4.78 is 18.1. The van der Waals surface area contributed by atoms with Crippen molar-refractivity contribution in [3.05, 3.63) is 60.8 Å². The average Bonchev–Trinajstić information content (AvgIpc) is 3.30. The maximum absolute atomic E-state index is 13.1. The van der Waals surface area contributed by atoms with Crippen molar-refractivity contribution in [2.75, 3.05) is 21.3 Å². The minimum Gasteiger partial charge on any atom is -0.493 e. The van der Waals surface area contributed by atoms with E-state index in [-0.39, 0.29) is 5.56 Å². The molecule has 0 atom stereocenters. The number of benzene rings is 2. The molecular weight excluding hydrogens is 449 g/mol. The van der Waals surface area contributed by atoms with Gasteiger partial charge >= 0.3 is 0 Å². The van der Waals surface area contributed by atoms with Crippen molar-refractivity contribution < 1.29 is 14.2 Å². The highest BCUT2D eigenvalue weighted by atomic mass is 35.5. The number of hydrogen-bond acceptors (Lipinski definition) is 7. The maximum Gasteiger partial charge on any atom is 0.276 e. The van der Waals surface area contributed by atoms with Gasteiger partial charge in [0.1, 0.15) is 0 Å². The van der Waals surface area contributed by atoms with Gasteiger partial charge in [0.15, 0.2) is 17.3 Å². The van der Waals surface area contributed by atoms with Crippen LogP contribution in [0.1, 0.15) is 5.56 Å². The molecule has 4 aromatic rings. The van der Waals surface area contributed by atoms with E-state index in [1.807, 2.05) is 0 Å². The van der Waals surface area contributed by atoms with Gasteiger partial charge in [-0.1, -0.05) is 40.6 Å². The van der Waals surface area contributed by atoms with Crippen LogP contribution in [0, 0.1) is 0 Å². The average molecular weight is 464 g/mol. The fraction of sp³-hybridized carbons (Fsp3) is 0.150. The first-order chi connectivity index (χ1) is 14.5. The van der Waals surface area contributed by atoms with Gasteiger partial charge in [-0.25, -0.2) is 4.40 Å². The van der Waals surface area contributed by atoms with E-state index < -0.39 is 0 Å². The lowest BCUT2D eigenvalue weighted by Gasteiger charge is -2.13. The van der Waals surface area contributed by atoms with Crippen molar-refractivity contribution in [2.24, 2.45) is 0 Å². The smallest absolute Gasteiger partial charge is 0.276 e. The summed E-state index contributed by atoms with van der Waals surface area (Å²) in [5.74, 6) is 1.73. The molecule has 0 aliphatic carbocycles. The summed E-state index contributed by atoms with van der Waals surface area (Å²) in [5, 5.41) is 9.21. The third kappa shape index (κ3) is 3.47. The fourth-order valence-electron chi connectivity index (χ4n) is 3.01. The Bertz CT molecular complexity index is 1340. The number of ether oxygens (including phenoxy) is 3. The molecule has 2 aromatic carbocycles. The number of thiazole rings is 1. The summed E-state index contributed by atoms with van der Waals surface area (Å²) in [5.41, 5.74) is 1.12. The third-order valence-electron chi connectivity index (χ3n) is 4.41. The van der Waals surface area contributed by atoms with Crippen LogP contribution in [0.5, 0.6) is 17.2 Å². The van der Waals surface area contributed by atoms with Gasteiger partial charge in [0.25, 0.3) is 5.56 Å². The Morgan fingerprint density at radius 3 is 2.27 bits per heavy atom. The van der Waals surface area contributed by atoms with E-state index in [4.69, 9.17) is 37.4 Å². The Morgan fingerprint density at radius 2 is 1.67 bits per heavy atom. The molecule has 0 saturated carbocycles. The van der Waals surface area contributed by atoms with E-state index in [2.05, 4.69) is 10.2 Å². The van der Waals surface area contributed by atoms with Crippen LogP contribution in [0.2, 0.25) is 10.0 Å². The number of halogens is 2. The number of rotatable bonds is 5. The Morgan fingerprint density at radius 1 is 0.967 bits per heavy atom. The van der Waals surface area contributed by atoms with Crippen molar-refractivity contribution in [1.29, 1.82) is 0 Å². The lowest BCUT2D eigenvalue weighted by Crippen LogP contribution is -2.23. The van der Waals surface area contributed by atoms with Gasteiger partial charge in [0.05, 0.1) is 35.9 Å². The Labute approximate surface area is 185 Å². The highest BCUT2D eigenvalue weighted by molar-refractivity contribution is 7.15. The molecule has 0 saturated heterocycles. The fourth-order valence-corrected chi connectivity index (χ4v) is 4.23. The number of hydrogen-bond donors (Lipinski definition) is 0. The number of fused-ring (bicyclic) bond motifs is 1. The zero-order valence-electron chi connectivity index (χ0n) is 16.1. The molecule has 0 N–H and O–H groups in total. The summed E-state index contributed by atoms with van der Waals surface area (Å²) in [4.78, 5) is 13.6. The summed E-state index contributed by atoms with van der Waals surface area (Å²) in [6.07, 6.45) is 1.74. The second-order valence-corrected chi connectivity index (χ2v) is 7.97. The molecule has 30 heavy (non-hydrogen) atoms. The minimum atomic E-state index is -0.241. The van der Waals surface area contributed by atoms with Crippen LogP contribution in [0.4, 0.5) is 0 Å². The van der Waals surface area contributed by atoms with Crippen LogP contribution in [0.3, 0.4) is 0 Å². The second kappa shape index (κ2) is 8.14. The molecule has 154 valence electrons. The van der Waals surface area contributed by atoms with Crippen LogP contribution >= 0.6 is 34.5 Å². The van der Waals surface area contributed by atoms with Crippen molar-refractivity contribution in [3.63, 3.8) is 0 Å². The van der Waals surface area contributed by atoms with Gasteiger partial charge in [0, 0.05) is 5.56 Å². The molecular formula is C20H15Cl2N3O4S. The lowest BCUT2D eigenvalue weighted by molar-refractivity contribution is 0.324. The first-order valence-electron chi connectivity index (χ1n) is 8.62. The molecule has 0 fully saturated rings.